The molecule has 0 unspecified atom stereocenters. The van der Waals surface area contributed by atoms with E-state index in [2.05, 4.69) is 29.9 Å². The first-order valence-corrected chi connectivity index (χ1v) is 9.79. The number of rotatable bonds is 3. The average Bonchev–Trinajstić information content (AvgIpc) is 3.02. The van der Waals surface area contributed by atoms with Gasteiger partial charge in [0.25, 0.3) is 5.91 Å². The van der Waals surface area contributed by atoms with Gasteiger partial charge in [0.2, 0.25) is 0 Å². The van der Waals surface area contributed by atoms with Crippen molar-refractivity contribution in [2.75, 3.05) is 13.1 Å². The molecule has 2 saturated carbocycles. The van der Waals surface area contributed by atoms with Gasteiger partial charge in [0.05, 0.1) is 17.1 Å². The number of likely N-dealkylation sites (tertiary alicyclic amines) is 1. The highest BCUT2D eigenvalue weighted by molar-refractivity contribution is 6.05. The highest BCUT2D eigenvalue weighted by Gasteiger charge is 2.39. The molecule has 1 amide bonds. The number of fused-ring (bicyclic) bond motifs is 2. The number of amides is 1. The first kappa shape index (κ1) is 15.4. The second-order valence-electron chi connectivity index (χ2n) is 8.45. The van der Waals surface area contributed by atoms with Gasteiger partial charge in [0, 0.05) is 30.7 Å². The summed E-state index contributed by atoms with van der Waals surface area (Å²) in [4.78, 5) is 20.3. The topological polar surface area (TPSA) is 51.0 Å². The summed E-state index contributed by atoms with van der Waals surface area (Å²) in [6.45, 7) is 6.09. The third-order valence-electron chi connectivity index (χ3n) is 6.32. The minimum atomic E-state index is 0.187. The van der Waals surface area contributed by atoms with Gasteiger partial charge in [-0.05, 0) is 57.4 Å². The molecule has 0 aromatic carbocycles. The Hall–Kier alpha value is -1.91. The van der Waals surface area contributed by atoms with E-state index in [1.54, 1.807) is 0 Å². The zero-order valence-electron chi connectivity index (χ0n) is 15.1. The largest absolute Gasteiger partial charge is 0.338 e. The lowest BCUT2D eigenvalue weighted by Crippen LogP contribution is -2.29. The van der Waals surface area contributed by atoms with Gasteiger partial charge in [-0.3, -0.25) is 4.79 Å². The number of aromatic nitrogens is 3. The minimum Gasteiger partial charge on any atom is -0.338 e. The third kappa shape index (κ3) is 2.47. The van der Waals surface area contributed by atoms with Gasteiger partial charge in [0.15, 0.2) is 5.65 Å². The minimum absolute atomic E-state index is 0.187. The van der Waals surface area contributed by atoms with Crippen LogP contribution in [0.15, 0.2) is 12.3 Å². The van der Waals surface area contributed by atoms with Crippen LogP contribution in [0, 0.1) is 11.8 Å². The molecule has 3 heterocycles. The fourth-order valence-electron chi connectivity index (χ4n) is 4.75. The van der Waals surface area contributed by atoms with E-state index in [1.165, 1.54) is 32.1 Å². The Bertz CT molecular complexity index is 824. The predicted octanol–water partition coefficient (Wildman–Crippen LogP) is 3.76. The first-order valence-electron chi connectivity index (χ1n) is 9.79. The molecule has 132 valence electrons. The predicted molar refractivity (Wildman–Crippen MR) is 96.6 cm³/mol. The van der Waals surface area contributed by atoms with Crippen LogP contribution in [0.3, 0.4) is 0 Å². The van der Waals surface area contributed by atoms with Gasteiger partial charge in [-0.25, -0.2) is 9.67 Å². The van der Waals surface area contributed by atoms with Crippen molar-refractivity contribution in [3.63, 3.8) is 0 Å². The molecule has 5 rings (SSSR count). The number of carbonyl (C=O) groups is 1. The van der Waals surface area contributed by atoms with Crippen molar-refractivity contribution in [2.45, 2.75) is 57.9 Å². The molecule has 25 heavy (non-hydrogen) atoms. The van der Waals surface area contributed by atoms with Crippen LogP contribution in [0.2, 0.25) is 0 Å². The second kappa shape index (κ2) is 5.55. The van der Waals surface area contributed by atoms with Crippen molar-refractivity contribution >= 4 is 16.9 Å². The Balaban J connectivity index is 1.56. The third-order valence-corrected chi connectivity index (χ3v) is 6.32. The SMILES string of the molecule is CC(C)n1ncc2c(C(=O)N3C[C@@H]4CCC[C@H]4C3)cc(C3CC3)nc21. The molecule has 0 radical (unpaired) electrons. The normalized spacial score (nSPS) is 26.0. The van der Waals surface area contributed by atoms with Gasteiger partial charge in [-0.1, -0.05) is 6.42 Å². The van der Waals surface area contributed by atoms with E-state index in [-0.39, 0.29) is 11.9 Å². The molecule has 2 atom stereocenters. The number of nitrogens with zero attached hydrogens (tertiary/aromatic N) is 4. The zero-order chi connectivity index (χ0) is 17.1. The first-order chi connectivity index (χ1) is 12.1. The van der Waals surface area contributed by atoms with Gasteiger partial charge in [-0.15, -0.1) is 0 Å². The lowest BCUT2D eigenvalue weighted by atomic mass is 10.0. The summed E-state index contributed by atoms with van der Waals surface area (Å²) >= 11 is 0. The lowest BCUT2D eigenvalue weighted by Gasteiger charge is -2.18. The number of carbonyl (C=O) groups excluding carboxylic acids is 1. The highest BCUT2D eigenvalue weighted by atomic mass is 16.2. The molecule has 2 aromatic rings. The van der Waals surface area contributed by atoms with E-state index >= 15 is 0 Å². The van der Waals surface area contributed by atoms with E-state index in [1.807, 2.05) is 10.9 Å². The smallest absolute Gasteiger partial charge is 0.254 e. The molecule has 2 aromatic heterocycles. The van der Waals surface area contributed by atoms with Crippen LogP contribution in [0.25, 0.3) is 11.0 Å². The highest BCUT2D eigenvalue weighted by Crippen LogP contribution is 2.41. The van der Waals surface area contributed by atoms with E-state index < -0.39 is 0 Å². The second-order valence-corrected chi connectivity index (χ2v) is 8.45. The summed E-state index contributed by atoms with van der Waals surface area (Å²) in [6.07, 6.45) is 8.14. The molecule has 0 N–H and O–H groups in total. The monoisotopic (exact) mass is 338 g/mol. The molecule has 3 aliphatic rings. The number of hydrogen-bond acceptors (Lipinski definition) is 3. The number of pyridine rings is 1. The van der Waals surface area contributed by atoms with Gasteiger partial charge < -0.3 is 4.90 Å². The zero-order valence-corrected chi connectivity index (χ0v) is 15.1. The molecule has 2 aliphatic carbocycles. The average molecular weight is 338 g/mol. The molecular weight excluding hydrogens is 312 g/mol. The van der Waals surface area contributed by atoms with Crippen LogP contribution >= 0.6 is 0 Å². The van der Waals surface area contributed by atoms with Crippen molar-refractivity contribution in [2.24, 2.45) is 11.8 Å². The maximum atomic E-state index is 13.3. The Morgan fingerprint density at radius 1 is 1.16 bits per heavy atom. The molecule has 1 aliphatic heterocycles. The van der Waals surface area contributed by atoms with Crippen LogP contribution in [0.4, 0.5) is 0 Å². The summed E-state index contributed by atoms with van der Waals surface area (Å²) in [7, 11) is 0. The maximum absolute atomic E-state index is 13.3. The molecule has 0 spiro atoms. The van der Waals surface area contributed by atoms with Crippen LogP contribution in [0.5, 0.6) is 0 Å². The van der Waals surface area contributed by atoms with Crippen LogP contribution in [-0.4, -0.2) is 38.7 Å². The molecule has 5 nitrogen and oxygen atoms in total. The van der Waals surface area contributed by atoms with Crippen molar-refractivity contribution < 1.29 is 4.79 Å². The molecular formula is C20H26N4O. The summed E-state index contributed by atoms with van der Waals surface area (Å²) in [5, 5.41) is 5.44. The standard InChI is InChI=1S/C20H26N4O/c1-12(2)24-19-17(9-21-24)16(8-18(22-19)13-6-7-13)20(25)23-10-14-4-3-5-15(14)11-23/h8-9,12-15H,3-7,10-11H2,1-2H3/t14-,15-/m0/s1. The Kier molecular flexibility index (Phi) is 3.41. The van der Waals surface area contributed by atoms with Crippen molar-refractivity contribution in [3.05, 3.63) is 23.5 Å². The summed E-state index contributed by atoms with van der Waals surface area (Å²) < 4.78 is 1.96. The van der Waals surface area contributed by atoms with Crippen LogP contribution in [0.1, 0.15) is 74.0 Å². The van der Waals surface area contributed by atoms with E-state index in [0.29, 0.717) is 5.92 Å². The lowest BCUT2D eigenvalue weighted by molar-refractivity contribution is 0.0782. The number of hydrogen-bond donors (Lipinski definition) is 0. The summed E-state index contributed by atoms with van der Waals surface area (Å²) in [5.41, 5.74) is 2.78. The fourth-order valence-corrected chi connectivity index (χ4v) is 4.75. The van der Waals surface area contributed by atoms with E-state index in [9.17, 15) is 4.79 Å². The summed E-state index contributed by atoms with van der Waals surface area (Å²) in [5.74, 6) is 2.17. The summed E-state index contributed by atoms with van der Waals surface area (Å²) in [6, 6.07) is 2.30. The van der Waals surface area contributed by atoms with E-state index in [0.717, 1.165) is 47.2 Å². The Labute approximate surface area is 148 Å². The maximum Gasteiger partial charge on any atom is 0.254 e. The van der Waals surface area contributed by atoms with Crippen molar-refractivity contribution in [1.29, 1.82) is 0 Å². The quantitative estimate of drug-likeness (QED) is 0.856. The fraction of sp³-hybridized carbons (Fsp3) is 0.650. The Morgan fingerprint density at radius 2 is 1.88 bits per heavy atom. The van der Waals surface area contributed by atoms with Gasteiger partial charge in [0.1, 0.15) is 0 Å². The van der Waals surface area contributed by atoms with Gasteiger partial charge >= 0.3 is 0 Å². The van der Waals surface area contributed by atoms with Crippen molar-refractivity contribution in [3.8, 4) is 0 Å². The molecule has 0 bridgehead atoms. The van der Waals surface area contributed by atoms with Crippen LogP contribution < -0.4 is 0 Å². The Morgan fingerprint density at radius 3 is 2.52 bits per heavy atom. The molecule has 1 saturated heterocycles. The van der Waals surface area contributed by atoms with Gasteiger partial charge in [-0.2, -0.15) is 5.10 Å². The molecule has 3 fully saturated rings. The van der Waals surface area contributed by atoms with Crippen molar-refractivity contribution in [1.82, 2.24) is 19.7 Å². The molecule has 5 heteroatoms. The van der Waals surface area contributed by atoms with E-state index in [4.69, 9.17) is 4.98 Å². The van der Waals surface area contributed by atoms with Crippen LogP contribution in [-0.2, 0) is 0 Å².